The minimum absolute atomic E-state index is 0.248. The third-order valence-corrected chi connectivity index (χ3v) is 2.44. The van der Waals surface area contributed by atoms with E-state index in [0.717, 1.165) is 9.36 Å². The number of benzene rings is 1. The van der Waals surface area contributed by atoms with E-state index < -0.39 is 0 Å². The zero-order valence-corrected chi connectivity index (χ0v) is 9.49. The van der Waals surface area contributed by atoms with E-state index in [1.165, 1.54) is 14.2 Å². The number of hydrogen-bond donors (Lipinski definition) is 1. The van der Waals surface area contributed by atoms with Crippen molar-refractivity contribution in [1.29, 1.82) is 0 Å². The van der Waals surface area contributed by atoms with Gasteiger partial charge >= 0.3 is 5.69 Å². The van der Waals surface area contributed by atoms with Crippen LogP contribution in [0.4, 0.5) is 0 Å². The van der Waals surface area contributed by atoms with Gasteiger partial charge in [0.25, 0.3) is 0 Å². The highest BCUT2D eigenvalue weighted by molar-refractivity contribution is 5.48. The first kappa shape index (κ1) is 11.3. The van der Waals surface area contributed by atoms with Crippen molar-refractivity contribution in [2.75, 3.05) is 7.11 Å². The van der Waals surface area contributed by atoms with E-state index in [1.54, 1.807) is 18.2 Å². The number of tetrazole rings is 1. The van der Waals surface area contributed by atoms with Crippen LogP contribution in [0.15, 0.2) is 23.0 Å². The van der Waals surface area contributed by atoms with Crippen molar-refractivity contribution < 1.29 is 9.84 Å². The zero-order valence-electron chi connectivity index (χ0n) is 9.49. The summed E-state index contributed by atoms with van der Waals surface area (Å²) in [5, 5.41) is 16.7. The number of aliphatic hydroxyl groups is 1. The Balaban J connectivity index is 2.67. The number of nitrogens with zero attached hydrogens (tertiary/aromatic N) is 4. The van der Waals surface area contributed by atoms with Crippen molar-refractivity contribution in [3.05, 3.63) is 34.2 Å². The molecule has 17 heavy (non-hydrogen) atoms. The molecule has 0 saturated carbocycles. The van der Waals surface area contributed by atoms with Crippen LogP contribution in [0.2, 0.25) is 0 Å². The second-order valence-corrected chi connectivity index (χ2v) is 3.41. The molecule has 90 valence electrons. The van der Waals surface area contributed by atoms with E-state index in [2.05, 4.69) is 10.4 Å². The molecule has 1 aromatic heterocycles. The van der Waals surface area contributed by atoms with Gasteiger partial charge in [0.1, 0.15) is 5.75 Å². The first-order valence-electron chi connectivity index (χ1n) is 4.95. The van der Waals surface area contributed by atoms with Crippen LogP contribution in [0.1, 0.15) is 5.56 Å². The molecule has 0 atom stereocenters. The van der Waals surface area contributed by atoms with Crippen LogP contribution in [0, 0.1) is 0 Å². The van der Waals surface area contributed by atoms with E-state index in [4.69, 9.17) is 4.74 Å². The highest BCUT2D eigenvalue weighted by Gasteiger charge is 2.13. The van der Waals surface area contributed by atoms with Gasteiger partial charge in [0.15, 0.2) is 0 Å². The predicted octanol–water partition coefficient (Wildman–Crippen LogP) is -0.533. The molecule has 7 nitrogen and oxygen atoms in total. The van der Waals surface area contributed by atoms with Gasteiger partial charge in [-0.05, 0) is 22.6 Å². The van der Waals surface area contributed by atoms with Gasteiger partial charge in [-0.3, -0.25) is 0 Å². The molecule has 2 aromatic rings. The topological polar surface area (TPSA) is 82.2 Å². The van der Waals surface area contributed by atoms with Gasteiger partial charge in [-0.15, -0.1) is 0 Å². The van der Waals surface area contributed by atoms with Crippen LogP contribution in [0.5, 0.6) is 5.75 Å². The summed E-state index contributed by atoms with van der Waals surface area (Å²) in [4.78, 5) is 11.7. The highest BCUT2D eigenvalue weighted by atomic mass is 16.5. The summed E-state index contributed by atoms with van der Waals surface area (Å²) in [6.45, 7) is -0.248. The van der Waals surface area contributed by atoms with E-state index in [0.29, 0.717) is 17.0 Å². The smallest absolute Gasteiger partial charge is 0.368 e. The summed E-state index contributed by atoms with van der Waals surface area (Å²) >= 11 is 0. The molecule has 0 spiro atoms. The van der Waals surface area contributed by atoms with Gasteiger partial charge in [-0.2, -0.15) is 9.36 Å². The van der Waals surface area contributed by atoms with Crippen molar-refractivity contribution in [2.45, 2.75) is 6.61 Å². The molecule has 0 aliphatic rings. The Morgan fingerprint density at radius 1 is 1.41 bits per heavy atom. The monoisotopic (exact) mass is 236 g/mol. The van der Waals surface area contributed by atoms with Gasteiger partial charge in [0.2, 0.25) is 0 Å². The Labute approximate surface area is 96.8 Å². The van der Waals surface area contributed by atoms with E-state index in [-0.39, 0.29) is 12.3 Å². The minimum atomic E-state index is -0.382. The Morgan fingerprint density at radius 3 is 2.71 bits per heavy atom. The molecule has 7 heteroatoms. The summed E-state index contributed by atoms with van der Waals surface area (Å²) in [7, 11) is 3.00. The molecule has 0 bridgehead atoms. The number of rotatable bonds is 3. The molecule has 0 radical (unpaired) electrons. The predicted molar refractivity (Wildman–Crippen MR) is 59.1 cm³/mol. The largest absolute Gasteiger partial charge is 0.496 e. The zero-order chi connectivity index (χ0) is 12.4. The maximum absolute atomic E-state index is 11.7. The molecule has 0 unspecified atom stereocenters. The third-order valence-electron chi connectivity index (χ3n) is 2.44. The van der Waals surface area contributed by atoms with Gasteiger partial charge in [-0.1, -0.05) is 6.07 Å². The molecule has 1 heterocycles. The molecule has 0 aliphatic heterocycles. The van der Waals surface area contributed by atoms with Crippen molar-refractivity contribution in [3.8, 4) is 11.4 Å². The Kier molecular flexibility index (Phi) is 2.92. The lowest BCUT2D eigenvalue weighted by Gasteiger charge is -2.10. The van der Waals surface area contributed by atoms with Crippen molar-refractivity contribution in [1.82, 2.24) is 19.8 Å². The molecule has 2 rings (SSSR count). The second kappa shape index (κ2) is 4.38. The standard InChI is InChI=1S/C10H12N4O3/c1-13-10(16)14(12-11-13)8-4-3-5-9(17-2)7(8)6-15/h3-5,15H,6H2,1-2H3. The number of ether oxygens (including phenoxy) is 1. The normalized spacial score (nSPS) is 10.5. The highest BCUT2D eigenvalue weighted by Crippen LogP contribution is 2.23. The molecule has 0 aliphatic carbocycles. The first-order valence-corrected chi connectivity index (χ1v) is 4.95. The molecule has 1 N–H and O–H groups in total. The Hall–Kier alpha value is -2.15. The van der Waals surface area contributed by atoms with Crippen LogP contribution in [0.3, 0.4) is 0 Å². The van der Waals surface area contributed by atoms with Gasteiger partial charge in [0.05, 0.1) is 19.4 Å². The van der Waals surface area contributed by atoms with Crippen LogP contribution >= 0.6 is 0 Å². The van der Waals surface area contributed by atoms with Crippen molar-refractivity contribution in [2.24, 2.45) is 7.05 Å². The third kappa shape index (κ3) is 1.80. The summed E-state index contributed by atoms with van der Waals surface area (Å²) in [5.41, 5.74) is 0.579. The van der Waals surface area contributed by atoms with Crippen LogP contribution in [-0.4, -0.2) is 32.0 Å². The lowest BCUT2D eigenvalue weighted by molar-refractivity contribution is 0.273. The summed E-state index contributed by atoms with van der Waals surface area (Å²) in [5.74, 6) is 0.502. The van der Waals surface area contributed by atoms with Gasteiger partial charge in [0, 0.05) is 12.6 Å². The van der Waals surface area contributed by atoms with Crippen LogP contribution in [0.25, 0.3) is 5.69 Å². The number of aliphatic hydroxyl groups excluding tert-OH is 1. The molecule has 0 saturated heterocycles. The minimum Gasteiger partial charge on any atom is -0.496 e. The first-order chi connectivity index (χ1) is 8.19. The lowest BCUT2D eigenvalue weighted by atomic mass is 10.1. The average Bonchev–Trinajstić information content (AvgIpc) is 2.69. The fraction of sp³-hybridized carbons (Fsp3) is 0.300. The average molecular weight is 236 g/mol. The Morgan fingerprint density at radius 2 is 2.18 bits per heavy atom. The molecular weight excluding hydrogens is 224 g/mol. The number of methoxy groups -OCH3 is 1. The molecule has 0 fully saturated rings. The van der Waals surface area contributed by atoms with Crippen LogP contribution in [-0.2, 0) is 13.7 Å². The quantitative estimate of drug-likeness (QED) is 0.774. The SMILES string of the molecule is COc1cccc(-n2nnn(C)c2=O)c1CO. The second-order valence-electron chi connectivity index (χ2n) is 3.41. The lowest BCUT2D eigenvalue weighted by Crippen LogP contribution is -2.23. The number of aryl methyl sites for hydroxylation is 1. The molecule has 0 amide bonds. The van der Waals surface area contributed by atoms with Gasteiger partial charge in [-0.25, -0.2) is 4.79 Å². The fourth-order valence-corrected chi connectivity index (χ4v) is 1.57. The number of hydrogen-bond acceptors (Lipinski definition) is 5. The van der Waals surface area contributed by atoms with Crippen molar-refractivity contribution in [3.63, 3.8) is 0 Å². The van der Waals surface area contributed by atoms with Crippen molar-refractivity contribution >= 4 is 0 Å². The Bertz CT molecular complexity index is 587. The summed E-state index contributed by atoms with van der Waals surface area (Å²) in [6, 6.07) is 5.09. The number of aromatic nitrogens is 4. The van der Waals surface area contributed by atoms with E-state index in [9.17, 15) is 9.90 Å². The van der Waals surface area contributed by atoms with E-state index >= 15 is 0 Å². The van der Waals surface area contributed by atoms with Crippen LogP contribution < -0.4 is 10.4 Å². The molecular formula is C10H12N4O3. The van der Waals surface area contributed by atoms with E-state index in [1.807, 2.05) is 0 Å². The maximum atomic E-state index is 11.7. The van der Waals surface area contributed by atoms with Gasteiger partial charge < -0.3 is 9.84 Å². The maximum Gasteiger partial charge on any atom is 0.368 e. The summed E-state index contributed by atoms with van der Waals surface area (Å²) < 4.78 is 7.35. The molecule has 1 aromatic carbocycles. The summed E-state index contributed by atoms with van der Waals surface area (Å²) in [6.07, 6.45) is 0. The fourth-order valence-electron chi connectivity index (χ4n) is 1.57.